The lowest BCUT2D eigenvalue weighted by Crippen LogP contribution is -2.23. The van der Waals surface area contributed by atoms with Crippen molar-refractivity contribution in [3.05, 3.63) is 58.6 Å². The molecule has 0 aromatic heterocycles. The van der Waals surface area contributed by atoms with Gasteiger partial charge >= 0.3 is 0 Å². The molecule has 2 rings (SSSR count). The molecule has 0 aliphatic rings. The first-order valence-electron chi connectivity index (χ1n) is 6.63. The van der Waals surface area contributed by atoms with Gasteiger partial charge in [-0.3, -0.25) is 4.79 Å². The van der Waals surface area contributed by atoms with Crippen molar-refractivity contribution in [3.8, 4) is 0 Å². The number of halogens is 1. The van der Waals surface area contributed by atoms with E-state index < -0.39 is 21.5 Å². The lowest BCUT2D eigenvalue weighted by atomic mass is 10.2. The zero-order valence-corrected chi connectivity index (χ0v) is 13.8. The van der Waals surface area contributed by atoms with E-state index in [4.69, 9.17) is 11.6 Å². The SMILES string of the molecule is Cc1cccc(S(=O)(=O)CC(=O)Nc2ccc(C)cc2Cl)c1. The minimum absolute atomic E-state index is 0.137. The van der Waals surface area contributed by atoms with E-state index in [1.807, 2.05) is 6.92 Å². The zero-order valence-electron chi connectivity index (χ0n) is 12.3. The zero-order chi connectivity index (χ0) is 16.3. The Hall–Kier alpha value is -1.85. The van der Waals surface area contributed by atoms with Gasteiger partial charge in [-0.05, 0) is 49.2 Å². The molecule has 1 amide bonds. The molecule has 0 aliphatic carbocycles. The Bertz CT molecular complexity index is 816. The normalized spacial score (nSPS) is 11.2. The number of carbonyl (C=O) groups excluding carboxylic acids is 1. The number of rotatable bonds is 4. The van der Waals surface area contributed by atoms with Gasteiger partial charge in [0.05, 0.1) is 15.6 Å². The first-order valence-corrected chi connectivity index (χ1v) is 8.66. The molecule has 116 valence electrons. The third-order valence-corrected chi connectivity index (χ3v) is 5.00. The number of anilines is 1. The molecule has 0 radical (unpaired) electrons. The molecule has 0 aliphatic heterocycles. The van der Waals surface area contributed by atoms with Crippen LogP contribution in [0.5, 0.6) is 0 Å². The van der Waals surface area contributed by atoms with Crippen LogP contribution < -0.4 is 5.32 Å². The third kappa shape index (κ3) is 4.08. The summed E-state index contributed by atoms with van der Waals surface area (Å²) in [4.78, 5) is 12.1. The second-order valence-corrected chi connectivity index (χ2v) is 7.50. The van der Waals surface area contributed by atoms with Crippen molar-refractivity contribution >= 4 is 33.0 Å². The van der Waals surface area contributed by atoms with E-state index in [-0.39, 0.29) is 4.90 Å². The predicted octanol–water partition coefficient (Wildman–Crippen LogP) is 3.37. The Labute approximate surface area is 135 Å². The lowest BCUT2D eigenvalue weighted by molar-refractivity contribution is -0.113. The van der Waals surface area contributed by atoms with E-state index in [1.165, 1.54) is 6.07 Å². The quantitative estimate of drug-likeness (QED) is 0.930. The number of hydrogen-bond donors (Lipinski definition) is 1. The molecular weight excluding hydrogens is 322 g/mol. The highest BCUT2D eigenvalue weighted by Gasteiger charge is 2.20. The van der Waals surface area contributed by atoms with Gasteiger partial charge < -0.3 is 5.32 Å². The predicted molar refractivity (Wildman–Crippen MR) is 88.1 cm³/mol. The molecule has 1 N–H and O–H groups in total. The summed E-state index contributed by atoms with van der Waals surface area (Å²) in [7, 11) is -3.68. The fourth-order valence-electron chi connectivity index (χ4n) is 1.97. The average Bonchev–Trinajstić information content (AvgIpc) is 2.41. The Kier molecular flexibility index (Phi) is 4.88. The number of carbonyl (C=O) groups is 1. The Morgan fingerprint density at radius 2 is 1.77 bits per heavy atom. The molecule has 0 spiro atoms. The molecule has 2 aromatic carbocycles. The summed E-state index contributed by atoms with van der Waals surface area (Å²) in [6.07, 6.45) is 0. The van der Waals surface area contributed by atoms with Crippen LogP contribution in [0.3, 0.4) is 0 Å². The average molecular weight is 338 g/mol. The number of benzene rings is 2. The molecule has 0 unspecified atom stereocenters. The fraction of sp³-hybridized carbons (Fsp3) is 0.188. The van der Waals surface area contributed by atoms with Crippen molar-refractivity contribution in [2.75, 3.05) is 11.1 Å². The molecule has 0 saturated carbocycles. The summed E-state index contributed by atoms with van der Waals surface area (Å²) in [6.45, 7) is 3.67. The monoisotopic (exact) mass is 337 g/mol. The Morgan fingerprint density at radius 1 is 1.09 bits per heavy atom. The van der Waals surface area contributed by atoms with Gasteiger partial charge in [0.25, 0.3) is 0 Å². The maximum absolute atomic E-state index is 12.2. The highest BCUT2D eigenvalue weighted by Crippen LogP contribution is 2.23. The molecule has 0 heterocycles. The van der Waals surface area contributed by atoms with Crippen LogP contribution in [0.15, 0.2) is 47.4 Å². The van der Waals surface area contributed by atoms with E-state index in [1.54, 1.807) is 43.3 Å². The maximum atomic E-state index is 12.2. The number of nitrogens with one attached hydrogen (secondary N) is 1. The van der Waals surface area contributed by atoms with Crippen molar-refractivity contribution < 1.29 is 13.2 Å². The minimum Gasteiger partial charge on any atom is -0.324 e. The number of amides is 1. The molecule has 22 heavy (non-hydrogen) atoms. The molecule has 6 heteroatoms. The lowest BCUT2D eigenvalue weighted by Gasteiger charge is -2.09. The van der Waals surface area contributed by atoms with Crippen molar-refractivity contribution in [1.29, 1.82) is 0 Å². The molecule has 2 aromatic rings. The van der Waals surface area contributed by atoms with E-state index in [0.29, 0.717) is 10.7 Å². The summed E-state index contributed by atoms with van der Waals surface area (Å²) in [5, 5.41) is 2.90. The van der Waals surface area contributed by atoms with Crippen molar-refractivity contribution in [1.82, 2.24) is 0 Å². The van der Waals surface area contributed by atoms with Crippen LogP contribution in [-0.2, 0) is 14.6 Å². The fourth-order valence-corrected chi connectivity index (χ4v) is 3.49. The smallest absolute Gasteiger partial charge is 0.240 e. The van der Waals surface area contributed by atoms with Gasteiger partial charge in [0.15, 0.2) is 9.84 Å². The molecular formula is C16H16ClNO3S. The Morgan fingerprint density at radius 3 is 2.41 bits per heavy atom. The van der Waals surface area contributed by atoms with Gasteiger partial charge in [0.1, 0.15) is 5.75 Å². The molecule has 0 fully saturated rings. The van der Waals surface area contributed by atoms with Crippen molar-refractivity contribution in [3.63, 3.8) is 0 Å². The number of sulfone groups is 1. The number of hydrogen-bond acceptors (Lipinski definition) is 3. The highest BCUT2D eigenvalue weighted by molar-refractivity contribution is 7.92. The van der Waals surface area contributed by atoms with Gasteiger partial charge in [0, 0.05) is 0 Å². The van der Waals surface area contributed by atoms with Gasteiger partial charge in [-0.1, -0.05) is 29.8 Å². The van der Waals surface area contributed by atoms with E-state index in [2.05, 4.69) is 5.32 Å². The third-order valence-electron chi connectivity index (χ3n) is 3.07. The highest BCUT2D eigenvalue weighted by atomic mass is 35.5. The summed E-state index contributed by atoms with van der Waals surface area (Å²) >= 11 is 6.02. The summed E-state index contributed by atoms with van der Waals surface area (Å²) in [5.74, 6) is -1.24. The number of aryl methyl sites for hydroxylation is 2. The van der Waals surface area contributed by atoms with Gasteiger partial charge in [0.2, 0.25) is 5.91 Å². The molecule has 0 saturated heterocycles. The van der Waals surface area contributed by atoms with Crippen LogP contribution in [0.25, 0.3) is 0 Å². The molecule has 4 nitrogen and oxygen atoms in total. The van der Waals surface area contributed by atoms with Crippen LogP contribution >= 0.6 is 11.6 Å². The van der Waals surface area contributed by atoms with E-state index in [9.17, 15) is 13.2 Å². The van der Waals surface area contributed by atoms with Crippen molar-refractivity contribution in [2.45, 2.75) is 18.7 Å². The van der Waals surface area contributed by atoms with Crippen LogP contribution in [0.1, 0.15) is 11.1 Å². The summed E-state index contributed by atoms with van der Waals surface area (Å²) < 4.78 is 24.5. The maximum Gasteiger partial charge on any atom is 0.240 e. The second kappa shape index (κ2) is 6.50. The van der Waals surface area contributed by atoms with E-state index in [0.717, 1.165) is 11.1 Å². The van der Waals surface area contributed by atoms with Crippen LogP contribution in [-0.4, -0.2) is 20.1 Å². The van der Waals surface area contributed by atoms with Crippen LogP contribution in [0, 0.1) is 13.8 Å². The minimum atomic E-state index is -3.68. The van der Waals surface area contributed by atoms with Gasteiger partial charge in [-0.25, -0.2) is 8.42 Å². The summed E-state index contributed by atoms with van der Waals surface area (Å²) in [6, 6.07) is 11.6. The van der Waals surface area contributed by atoms with Gasteiger partial charge in [-0.15, -0.1) is 0 Å². The molecule has 0 bridgehead atoms. The molecule has 0 atom stereocenters. The topological polar surface area (TPSA) is 63.2 Å². The van der Waals surface area contributed by atoms with Crippen LogP contribution in [0.2, 0.25) is 5.02 Å². The van der Waals surface area contributed by atoms with Gasteiger partial charge in [-0.2, -0.15) is 0 Å². The first-order chi connectivity index (χ1) is 10.3. The first kappa shape index (κ1) is 16.5. The van der Waals surface area contributed by atoms with Crippen molar-refractivity contribution in [2.24, 2.45) is 0 Å². The summed E-state index contributed by atoms with van der Waals surface area (Å²) in [5.41, 5.74) is 2.18. The second-order valence-electron chi connectivity index (χ2n) is 5.11. The Balaban J connectivity index is 2.14. The standard InChI is InChI=1S/C16H16ClNO3S/c1-11-4-3-5-13(8-11)22(20,21)10-16(19)18-15-7-6-12(2)9-14(15)17/h3-9H,10H2,1-2H3,(H,18,19). The van der Waals surface area contributed by atoms with E-state index >= 15 is 0 Å². The van der Waals surface area contributed by atoms with Crippen LogP contribution in [0.4, 0.5) is 5.69 Å². The largest absolute Gasteiger partial charge is 0.324 e.